The number of methoxy groups -OCH3 is 1. The molecule has 2 aliphatic heterocycles. The molecule has 1 aromatic carbocycles. The third kappa shape index (κ3) is 3.71. The summed E-state index contributed by atoms with van der Waals surface area (Å²) in [6.07, 6.45) is 5.69. The highest BCUT2D eigenvalue weighted by molar-refractivity contribution is 6.11. The highest BCUT2D eigenvalue weighted by atomic mass is 16.5. The normalized spacial score (nSPS) is 26.5. The Hall–Kier alpha value is -3.48. The fourth-order valence-corrected chi connectivity index (χ4v) is 5.24. The Morgan fingerprint density at radius 2 is 1.97 bits per heavy atom. The van der Waals surface area contributed by atoms with E-state index in [2.05, 4.69) is 11.9 Å². The summed E-state index contributed by atoms with van der Waals surface area (Å²) >= 11 is 0. The molecule has 1 aromatic heterocycles. The van der Waals surface area contributed by atoms with Gasteiger partial charge < -0.3 is 14.4 Å². The van der Waals surface area contributed by atoms with E-state index in [1.807, 2.05) is 12.1 Å². The Morgan fingerprint density at radius 3 is 2.67 bits per heavy atom. The Labute approximate surface area is 192 Å². The van der Waals surface area contributed by atoms with E-state index in [1.54, 1.807) is 41.6 Å². The molecule has 7 heteroatoms. The van der Waals surface area contributed by atoms with Crippen molar-refractivity contribution < 1.29 is 23.9 Å². The van der Waals surface area contributed by atoms with Crippen molar-refractivity contribution in [2.45, 2.75) is 44.9 Å². The van der Waals surface area contributed by atoms with Crippen molar-refractivity contribution in [2.75, 3.05) is 7.11 Å². The molecule has 2 aromatic rings. The van der Waals surface area contributed by atoms with Crippen LogP contribution in [0.3, 0.4) is 0 Å². The van der Waals surface area contributed by atoms with E-state index in [-0.39, 0.29) is 29.5 Å². The lowest BCUT2D eigenvalue weighted by Gasteiger charge is -2.37. The van der Waals surface area contributed by atoms with Crippen molar-refractivity contribution in [3.63, 3.8) is 0 Å². The second-order valence-corrected chi connectivity index (χ2v) is 9.10. The van der Waals surface area contributed by atoms with Crippen molar-refractivity contribution in [1.29, 1.82) is 0 Å². The van der Waals surface area contributed by atoms with Gasteiger partial charge in [-0.1, -0.05) is 25.1 Å². The van der Waals surface area contributed by atoms with Crippen LogP contribution in [0, 0.1) is 11.8 Å². The molecule has 3 aliphatic rings. The number of esters is 1. The lowest BCUT2D eigenvalue weighted by molar-refractivity contribution is -0.136. The SMILES string of the molecule is COC(=O)c1ccc(C2C3=C(OC4CCC(C)CC4C3=O)C(=O)N2Cc2cccnc2)cc1. The van der Waals surface area contributed by atoms with Crippen molar-refractivity contribution in [2.24, 2.45) is 11.8 Å². The van der Waals surface area contributed by atoms with Crippen LogP contribution in [-0.4, -0.2) is 40.8 Å². The van der Waals surface area contributed by atoms with Gasteiger partial charge in [-0.2, -0.15) is 0 Å². The molecule has 1 aliphatic carbocycles. The molecular weight excluding hydrogens is 420 g/mol. The predicted octanol–water partition coefficient (Wildman–Crippen LogP) is 3.61. The van der Waals surface area contributed by atoms with E-state index >= 15 is 0 Å². The number of hydrogen-bond acceptors (Lipinski definition) is 6. The van der Waals surface area contributed by atoms with E-state index in [1.165, 1.54) is 7.11 Å². The summed E-state index contributed by atoms with van der Waals surface area (Å²) in [5, 5.41) is 0. The second kappa shape index (κ2) is 8.46. The quantitative estimate of drug-likeness (QED) is 0.667. The van der Waals surface area contributed by atoms with E-state index < -0.39 is 12.0 Å². The number of carbonyl (C=O) groups is 3. The Kier molecular flexibility index (Phi) is 5.48. The molecule has 170 valence electrons. The van der Waals surface area contributed by atoms with Gasteiger partial charge in [0, 0.05) is 18.9 Å². The van der Waals surface area contributed by atoms with Crippen molar-refractivity contribution in [3.05, 3.63) is 76.8 Å². The van der Waals surface area contributed by atoms with Gasteiger partial charge in [-0.25, -0.2) is 4.79 Å². The van der Waals surface area contributed by atoms with Gasteiger partial charge in [0.05, 0.1) is 30.2 Å². The number of nitrogens with zero attached hydrogens (tertiary/aromatic N) is 2. The molecule has 1 saturated carbocycles. The maximum Gasteiger partial charge on any atom is 0.337 e. The maximum absolute atomic E-state index is 13.7. The molecule has 0 radical (unpaired) electrons. The number of carbonyl (C=O) groups excluding carboxylic acids is 3. The number of fused-ring (bicyclic) bond motifs is 1. The summed E-state index contributed by atoms with van der Waals surface area (Å²) in [5.41, 5.74) is 2.46. The predicted molar refractivity (Wildman–Crippen MR) is 119 cm³/mol. The first kappa shape index (κ1) is 21.4. The van der Waals surface area contributed by atoms with E-state index in [4.69, 9.17) is 9.47 Å². The summed E-state index contributed by atoms with van der Waals surface area (Å²) < 4.78 is 11.0. The average Bonchev–Trinajstić information content (AvgIpc) is 3.11. The molecule has 1 fully saturated rings. The van der Waals surface area contributed by atoms with Crippen LogP contribution >= 0.6 is 0 Å². The topological polar surface area (TPSA) is 85.8 Å². The standard InChI is InChI=1S/C26H26N2O5/c1-15-5-10-20-19(12-15)23(29)21-22(17-6-8-18(9-7-17)26(31)32-2)28(25(30)24(21)33-20)14-16-4-3-11-27-13-16/h3-4,6-9,11,13,15,19-20,22H,5,10,12,14H2,1-2H3. The van der Waals surface area contributed by atoms with E-state index in [0.29, 0.717) is 23.6 Å². The van der Waals surface area contributed by atoms with Gasteiger partial charge >= 0.3 is 5.97 Å². The lowest BCUT2D eigenvalue weighted by atomic mass is 9.74. The summed E-state index contributed by atoms with van der Waals surface area (Å²) in [6, 6.07) is 10.0. The minimum Gasteiger partial charge on any atom is -0.483 e. The van der Waals surface area contributed by atoms with Crippen LogP contribution in [0.15, 0.2) is 60.1 Å². The maximum atomic E-state index is 13.7. The number of amides is 1. The molecule has 1 amide bonds. The first-order valence-electron chi connectivity index (χ1n) is 11.3. The number of pyridine rings is 1. The van der Waals surface area contributed by atoms with Gasteiger partial charge in [-0.15, -0.1) is 0 Å². The van der Waals surface area contributed by atoms with E-state index in [9.17, 15) is 14.4 Å². The molecule has 4 unspecified atom stereocenters. The summed E-state index contributed by atoms with van der Waals surface area (Å²) in [5.74, 6) is -0.301. The number of aromatic nitrogens is 1. The van der Waals surface area contributed by atoms with Gasteiger partial charge in [-0.3, -0.25) is 14.6 Å². The fraction of sp³-hybridized carbons (Fsp3) is 0.385. The smallest absolute Gasteiger partial charge is 0.337 e. The largest absolute Gasteiger partial charge is 0.483 e. The zero-order valence-corrected chi connectivity index (χ0v) is 18.7. The van der Waals surface area contributed by atoms with Gasteiger partial charge in [0.1, 0.15) is 6.10 Å². The van der Waals surface area contributed by atoms with Gasteiger partial charge in [0.2, 0.25) is 0 Å². The number of benzene rings is 1. The monoisotopic (exact) mass is 446 g/mol. The van der Waals surface area contributed by atoms with Crippen LogP contribution in [0.25, 0.3) is 0 Å². The Balaban J connectivity index is 1.56. The van der Waals surface area contributed by atoms with Crippen LogP contribution in [0.4, 0.5) is 0 Å². The highest BCUT2D eigenvalue weighted by Gasteiger charge is 2.52. The zero-order chi connectivity index (χ0) is 23.1. The average molecular weight is 447 g/mol. The van der Waals surface area contributed by atoms with Crippen LogP contribution in [0.5, 0.6) is 0 Å². The third-order valence-electron chi connectivity index (χ3n) is 6.93. The Bertz CT molecular complexity index is 1130. The molecule has 4 atom stereocenters. The number of ether oxygens (including phenoxy) is 2. The number of Topliss-reactive ketones (excluding diaryl/α,β-unsaturated/α-hetero) is 1. The molecule has 5 rings (SSSR count). The minimum absolute atomic E-state index is 0.0110. The van der Waals surface area contributed by atoms with Crippen molar-refractivity contribution in [3.8, 4) is 0 Å². The second-order valence-electron chi connectivity index (χ2n) is 9.10. The summed E-state index contributed by atoms with van der Waals surface area (Å²) in [7, 11) is 1.33. The third-order valence-corrected chi connectivity index (χ3v) is 6.93. The molecule has 33 heavy (non-hydrogen) atoms. The van der Waals surface area contributed by atoms with Crippen molar-refractivity contribution in [1.82, 2.24) is 9.88 Å². The molecular formula is C26H26N2O5. The molecule has 7 nitrogen and oxygen atoms in total. The number of ketones is 1. The zero-order valence-electron chi connectivity index (χ0n) is 18.7. The number of rotatable bonds is 4. The number of hydrogen-bond donors (Lipinski definition) is 0. The fourth-order valence-electron chi connectivity index (χ4n) is 5.24. The molecule has 3 heterocycles. The summed E-state index contributed by atoms with van der Waals surface area (Å²) in [4.78, 5) is 45.0. The first-order valence-corrected chi connectivity index (χ1v) is 11.3. The summed E-state index contributed by atoms with van der Waals surface area (Å²) in [6.45, 7) is 2.45. The first-order chi connectivity index (χ1) is 16.0. The van der Waals surface area contributed by atoms with Gasteiger partial charge in [0.25, 0.3) is 5.91 Å². The molecule has 0 spiro atoms. The van der Waals surface area contributed by atoms with Crippen molar-refractivity contribution >= 4 is 17.7 Å². The molecule has 0 N–H and O–H groups in total. The van der Waals surface area contributed by atoms with Crippen LogP contribution in [-0.2, 0) is 25.6 Å². The van der Waals surface area contributed by atoms with Crippen LogP contribution in [0.1, 0.15) is 53.7 Å². The van der Waals surface area contributed by atoms with Gasteiger partial charge in [-0.05, 0) is 54.5 Å². The lowest BCUT2D eigenvalue weighted by Crippen LogP contribution is -2.41. The molecule has 0 saturated heterocycles. The van der Waals surface area contributed by atoms with Crippen LogP contribution in [0.2, 0.25) is 0 Å². The molecule has 0 bridgehead atoms. The highest BCUT2D eigenvalue weighted by Crippen LogP contribution is 2.47. The minimum atomic E-state index is -0.579. The van der Waals surface area contributed by atoms with Crippen LogP contribution < -0.4 is 0 Å². The Morgan fingerprint density at radius 1 is 1.18 bits per heavy atom. The van der Waals surface area contributed by atoms with Gasteiger partial charge in [0.15, 0.2) is 11.5 Å². The van der Waals surface area contributed by atoms with E-state index in [0.717, 1.165) is 30.4 Å².